The van der Waals surface area contributed by atoms with E-state index < -0.39 is 0 Å². The molecule has 0 radical (unpaired) electrons. The van der Waals surface area contributed by atoms with Crippen LogP contribution < -0.4 is 10.5 Å². The van der Waals surface area contributed by atoms with E-state index in [4.69, 9.17) is 10.5 Å². The fraction of sp³-hybridized carbons (Fsp3) is 0.286. The van der Waals surface area contributed by atoms with Gasteiger partial charge in [-0.15, -0.1) is 0 Å². The number of rotatable bonds is 1. The van der Waals surface area contributed by atoms with Gasteiger partial charge in [-0.1, -0.05) is 0 Å². The van der Waals surface area contributed by atoms with E-state index in [1.165, 1.54) is 0 Å². The Labute approximate surface area is 73.7 Å². The minimum atomic E-state index is 0.585. The van der Waals surface area contributed by atoms with Gasteiger partial charge in [0.05, 0.1) is 23.0 Å². The fourth-order valence-corrected chi connectivity index (χ4v) is 1.26. The lowest BCUT2D eigenvalue weighted by molar-refractivity contribution is 0.413. The van der Waals surface area contributed by atoms with Crippen LogP contribution in [0, 0.1) is 6.92 Å². The molecule has 0 aliphatic heterocycles. The number of ether oxygens (including phenoxy) is 1. The fourth-order valence-electron chi connectivity index (χ4n) is 0.782. The molecule has 0 spiro atoms. The minimum absolute atomic E-state index is 0.585. The summed E-state index contributed by atoms with van der Waals surface area (Å²) in [4.78, 5) is 4.03. The normalized spacial score (nSPS) is 9.73. The molecule has 4 heteroatoms. The Morgan fingerprint density at radius 3 is 2.73 bits per heavy atom. The van der Waals surface area contributed by atoms with E-state index in [0.29, 0.717) is 11.4 Å². The molecule has 11 heavy (non-hydrogen) atoms. The molecule has 3 nitrogen and oxygen atoms in total. The molecular weight excluding hydrogens is 208 g/mol. The zero-order valence-corrected chi connectivity index (χ0v) is 7.97. The van der Waals surface area contributed by atoms with Crippen LogP contribution in [0.3, 0.4) is 0 Å². The number of pyridine rings is 1. The Kier molecular flexibility index (Phi) is 2.34. The molecule has 2 N–H and O–H groups in total. The molecule has 1 aromatic heterocycles. The molecule has 0 aliphatic rings. The molecule has 1 rings (SSSR count). The van der Waals surface area contributed by atoms with E-state index in [0.717, 1.165) is 10.2 Å². The number of halogens is 1. The number of aryl methyl sites for hydroxylation is 1. The topological polar surface area (TPSA) is 48.1 Å². The molecule has 0 saturated heterocycles. The van der Waals surface area contributed by atoms with E-state index in [-0.39, 0.29) is 0 Å². The molecular formula is C7H9BrN2O. The van der Waals surface area contributed by atoms with Crippen LogP contribution in [0.1, 0.15) is 5.69 Å². The van der Waals surface area contributed by atoms with Gasteiger partial charge >= 0.3 is 0 Å². The summed E-state index contributed by atoms with van der Waals surface area (Å²) in [7, 11) is 1.58. The second kappa shape index (κ2) is 3.09. The summed E-state index contributed by atoms with van der Waals surface area (Å²) in [6.07, 6.45) is 1.67. The van der Waals surface area contributed by atoms with Gasteiger partial charge in [0.1, 0.15) is 0 Å². The van der Waals surface area contributed by atoms with Crippen LogP contribution >= 0.6 is 15.9 Å². The summed E-state index contributed by atoms with van der Waals surface area (Å²) in [6.45, 7) is 1.84. The molecule has 0 unspecified atom stereocenters. The lowest BCUT2D eigenvalue weighted by Crippen LogP contribution is -1.97. The Bertz CT molecular complexity index is 275. The van der Waals surface area contributed by atoms with Gasteiger partial charge < -0.3 is 10.5 Å². The first-order valence-corrected chi connectivity index (χ1v) is 3.90. The first-order valence-electron chi connectivity index (χ1n) is 3.11. The van der Waals surface area contributed by atoms with Crippen LogP contribution in [0.5, 0.6) is 5.75 Å². The van der Waals surface area contributed by atoms with Crippen molar-refractivity contribution in [3.63, 3.8) is 0 Å². The summed E-state index contributed by atoms with van der Waals surface area (Å²) in [6, 6.07) is 0. The highest BCUT2D eigenvalue weighted by Crippen LogP contribution is 2.31. The molecule has 0 saturated carbocycles. The van der Waals surface area contributed by atoms with Crippen molar-refractivity contribution in [2.45, 2.75) is 6.92 Å². The highest BCUT2D eigenvalue weighted by atomic mass is 79.9. The number of methoxy groups -OCH3 is 1. The molecule has 0 aromatic carbocycles. The van der Waals surface area contributed by atoms with Crippen LogP contribution in [0.2, 0.25) is 0 Å². The maximum Gasteiger partial charge on any atom is 0.159 e. The van der Waals surface area contributed by atoms with Gasteiger partial charge in [0.15, 0.2) is 5.75 Å². The Morgan fingerprint density at radius 2 is 2.27 bits per heavy atom. The van der Waals surface area contributed by atoms with E-state index in [1.807, 2.05) is 6.92 Å². The molecule has 0 aliphatic carbocycles. The number of hydrogen-bond acceptors (Lipinski definition) is 3. The second-order valence-electron chi connectivity index (χ2n) is 2.14. The first kappa shape index (κ1) is 8.33. The average Bonchev–Trinajstić information content (AvgIpc) is 1.99. The monoisotopic (exact) mass is 216 g/mol. The van der Waals surface area contributed by atoms with Gasteiger partial charge in [0.2, 0.25) is 0 Å². The van der Waals surface area contributed by atoms with E-state index >= 15 is 0 Å². The lowest BCUT2D eigenvalue weighted by atomic mass is 10.3. The Morgan fingerprint density at radius 1 is 1.64 bits per heavy atom. The number of anilines is 1. The van der Waals surface area contributed by atoms with Crippen molar-refractivity contribution in [2.24, 2.45) is 0 Å². The SMILES string of the molecule is COc1c(Br)cnc(C)c1N. The van der Waals surface area contributed by atoms with Crippen molar-refractivity contribution in [1.29, 1.82) is 0 Å². The summed E-state index contributed by atoms with van der Waals surface area (Å²) in [5.74, 6) is 0.650. The quantitative estimate of drug-likeness (QED) is 0.779. The van der Waals surface area contributed by atoms with Crippen LogP contribution in [0.15, 0.2) is 10.7 Å². The van der Waals surface area contributed by atoms with Crippen LogP contribution in [0.4, 0.5) is 5.69 Å². The Hall–Kier alpha value is -0.770. The number of nitrogens with two attached hydrogens (primary N) is 1. The Balaban J connectivity index is 3.29. The highest BCUT2D eigenvalue weighted by Gasteiger charge is 2.06. The van der Waals surface area contributed by atoms with Gasteiger partial charge in [-0.25, -0.2) is 0 Å². The summed E-state index contributed by atoms with van der Waals surface area (Å²) in [5.41, 5.74) is 7.04. The van der Waals surface area contributed by atoms with E-state index in [2.05, 4.69) is 20.9 Å². The third kappa shape index (κ3) is 1.45. The predicted octanol–water partition coefficient (Wildman–Crippen LogP) is 1.74. The number of nitrogens with zero attached hydrogens (tertiary/aromatic N) is 1. The maximum absolute atomic E-state index is 5.68. The highest BCUT2D eigenvalue weighted by molar-refractivity contribution is 9.10. The van der Waals surface area contributed by atoms with Gasteiger partial charge in [-0.05, 0) is 22.9 Å². The first-order chi connectivity index (χ1) is 5.16. The third-order valence-corrected chi connectivity index (χ3v) is 1.99. The predicted molar refractivity (Wildman–Crippen MR) is 47.6 cm³/mol. The average molecular weight is 217 g/mol. The van der Waals surface area contributed by atoms with Gasteiger partial charge in [0, 0.05) is 6.20 Å². The molecule has 60 valence electrons. The van der Waals surface area contributed by atoms with Crippen molar-refractivity contribution in [2.75, 3.05) is 12.8 Å². The van der Waals surface area contributed by atoms with Crippen LogP contribution in [0.25, 0.3) is 0 Å². The van der Waals surface area contributed by atoms with Crippen molar-refractivity contribution in [1.82, 2.24) is 4.98 Å². The standard InChI is InChI=1S/C7H9BrN2O/c1-4-6(9)7(11-2)5(8)3-10-4/h3H,9H2,1-2H3. The lowest BCUT2D eigenvalue weighted by Gasteiger charge is -2.07. The minimum Gasteiger partial charge on any atom is -0.493 e. The molecule has 1 aromatic rings. The number of aromatic nitrogens is 1. The van der Waals surface area contributed by atoms with Crippen molar-refractivity contribution in [3.8, 4) is 5.75 Å². The van der Waals surface area contributed by atoms with E-state index in [1.54, 1.807) is 13.3 Å². The summed E-state index contributed by atoms with van der Waals surface area (Å²) < 4.78 is 5.83. The van der Waals surface area contributed by atoms with Crippen molar-refractivity contribution < 1.29 is 4.74 Å². The molecule has 0 bridgehead atoms. The smallest absolute Gasteiger partial charge is 0.159 e. The zero-order valence-electron chi connectivity index (χ0n) is 6.39. The largest absolute Gasteiger partial charge is 0.493 e. The number of hydrogen-bond donors (Lipinski definition) is 1. The zero-order chi connectivity index (χ0) is 8.43. The molecule has 0 amide bonds. The summed E-state index contributed by atoms with van der Waals surface area (Å²) in [5, 5.41) is 0. The third-order valence-electron chi connectivity index (χ3n) is 1.43. The molecule has 1 heterocycles. The van der Waals surface area contributed by atoms with E-state index in [9.17, 15) is 0 Å². The maximum atomic E-state index is 5.68. The van der Waals surface area contributed by atoms with Gasteiger partial charge in [-0.3, -0.25) is 4.98 Å². The molecule has 0 atom stereocenters. The van der Waals surface area contributed by atoms with Gasteiger partial charge in [-0.2, -0.15) is 0 Å². The van der Waals surface area contributed by atoms with Gasteiger partial charge in [0.25, 0.3) is 0 Å². The number of nitrogen functional groups attached to an aromatic ring is 1. The van der Waals surface area contributed by atoms with Crippen molar-refractivity contribution >= 4 is 21.6 Å². The van der Waals surface area contributed by atoms with Crippen molar-refractivity contribution in [3.05, 3.63) is 16.4 Å². The molecule has 0 fully saturated rings. The van der Waals surface area contributed by atoms with Crippen LogP contribution in [-0.4, -0.2) is 12.1 Å². The second-order valence-corrected chi connectivity index (χ2v) is 2.99. The van der Waals surface area contributed by atoms with Crippen LogP contribution in [-0.2, 0) is 0 Å². The summed E-state index contributed by atoms with van der Waals surface area (Å²) >= 11 is 3.27.